The first-order chi connectivity index (χ1) is 13.5. The van der Waals surface area contributed by atoms with Crippen molar-refractivity contribution in [2.24, 2.45) is 0 Å². The van der Waals surface area contributed by atoms with Gasteiger partial charge in [0, 0.05) is 45.5 Å². The van der Waals surface area contributed by atoms with E-state index in [1.54, 1.807) is 24.5 Å². The number of hydrogen-bond donors (Lipinski definition) is 2. The summed E-state index contributed by atoms with van der Waals surface area (Å²) >= 11 is 3.52. The first-order valence-electron chi connectivity index (χ1n) is 9.25. The van der Waals surface area contributed by atoms with Gasteiger partial charge in [0.05, 0.1) is 11.9 Å². The van der Waals surface area contributed by atoms with E-state index in [0.29, 0.717) is 23.3 Å². The van der Waals surface area contributed by atoms with Crippen molar-refractivity contribution in [2.75, 3.05) is 5.32 Å². The molecule has 1 amide bonds. The molecule has 0 saturated heterocycles. The van der Waals surface area contributed by atoms with E-state index in [-0.39, 0.29) is 11.7 Å². The van der Waals surface area contributed by atoms with E-state index in [1.165, 1.54) is 0 Å². The summed E-state index contributed by atoms with van der Waals surface area (Å²) in [6.07, 6.45) is 5.43. The zero-order valence-electron chi connectivity index (χ0n) is 15.5. The van der Waals surface area contributed by atoms with Gasteiger partial charge in [-0.3, -0.25) is 14.6 Å². The van der Waals surface area contributed by atoms with Crippen LogP contribution in [0.1, 0.15) is 37.7 Å². The number of halogens is 1. The van der Waals surface area contributed by atoms with Gasteiger partial charge in [0.25, 0.3) is 5.91 Å². The van der Waals surface area contributed by atoms with Crippen LogP contribution in [0.4, 0.5) is 5.69 Å². The van der Waals surface area contributed by atoms with Crippen molar-refractivity contribution >= 4 is 33.3 Å². The summed E-state index contributed by atoms with van der Waals surface area (Å²) in [6, 6.07) is 11.4. The molecule has 6 heteroatoms. The molecule has 0 fully saturated rings. The number of carbonyl (C=O) groups is 2. The Bertz CT molecular complexity index is 1010. The standard InChI is InChI=1S/C22H20BrN3O2/c1-13-19(22(28)26-16-7-4-10-24-12-16)20(14-5-2-6-15(23)11-14)21-17(25-13)8-3-9-18(21)27/h2,4-7,10-12,20,25H,3,8-9H2,1H3,(H,26,28)/t20-/m0/s1. The highest BCUT2D eigenvalue weighted by molar-refractivity contribution is 9.10. The van der Waals surface area contributed by atoms with Gasteiger partial charge in [0.2, 0.25) is 0 Å². The highest BCUT2D eigenvalue weighted by Crippen LogP contribution is 2.42. The number of anilines is 1. The lowest BCUT2D eigenvalue weighted by Crippen LogP contribution is -2.35. The van der Waals surface area contributed by atoms with Crippen molar-refractivity contribution < 1.29 is 9.59 Å². The average Bonchev–Trinajstić information content (AvgIpc) is 2.68. The number of amides is 1. The van der Waals surface area contributed by atoms with E-state index in [9.17, 15) is 9.59 Å². The number of hydrogen-bond acceptors (Lipinski definition) is 4. The van der Waals surface area contributed by atoms with Gasteiger partial charge in [-0.05, 0) is 49.6 Å². The van der Waals surface area contributed by atoms with E-state index in [4.69, 9.17) is 0 Å². The second kappa shape index (κ2) is 7.72. The van der Waals surface area contributed by atoms with Crippen LogP contribution in [-0.4, -0.2) is 16.7 Å². The third kappa shape index (κ3) is 3.52. The normalized spacial score (nSPS) is 19.2. The molecule has 2 N–H and O–H groups in total. The van der Waals surface area contributed by atoms with Crippen LogP contribution >= 0.6 is 15.9 Å². The maximum absolute atomic E-state index is 13.2. The van der Waals surface area contributed by atoms with E-state index in [2.05, 4.69) is 31.5 Å². The first-order valence-corrected chi connectivity index (χ1v) is 10.0. The zero-order valence-corrected chi connectivity index (χ0v) is 17.0. The van der Waals surface area contributed by atoms with E-state index < -0.39 is 5.92 Å². The first kappa shape index (κ1) is 18.6. The van der Waals surface area contributed by atoms with Gasteiger partial charge in [0.15, 0.2) is 5.78 Å². The van der Waals surface area contributed by atoms with Crippen LogP contribution in [0.25, 0.3) is 0 Å². The monoisotopic (exact) mass is 437 g/mol. The van der Waals surface area contributed by atoms with Crippen LogP contribution in [0.15, 0.2) is 75.8 Å². The van der Waals surface area contributed by atoms with E-state index >= 15 is 0 Å². The van der Waals surface area contributed by atoms with Crippen LogP contribution in [-0.2, 0) is 9.59 Å². The minimum Gasteiger partial charge on any atom is -0.362 e. The predicted octanol–water partition coefficient (Wildman–Crippen LogP) is 4.45. The van der Waals surface area contributed by atoms with Crippen LogP contribution in [0.2, 0.25) is 0 Å². The fourth-order valence-electron chi connectivity index (χ4n) is 3.94. The molecule has 2 heterocycles. The number of Topliss-reactive ketones (excluding diaryl/α,β-unsaturated/α-hetero) is 1. The fourth-order valence-corrected chi connectivity index (χ4v) is 4.36. The van der Waals surface area contributed by atoms with Gasteiger partial charge in [0.1, 0.15) is 0 Å². The maximum atomic E-state index is 13.2. The summed E-state index contributed by atoms with van der Waals surface area (Å²) in [5, 5.41) is 6.25. The summed E-state index contributed by atoms with van der Waals surface area (Å²) in [5.41, 5.74) is 4.54. The average molecular weight is 438 g/mol. The van der Waals surface area contributed by atoms with Crippen LogP contribution in [0.5, 0.6) is 0 Å². The number of dihydropyridines is 1. The Balaban J connectivity index is 1.80. The maximum Gasteiger partial charge on any atom is 0.254 e. The lowest BCUT2D eigenvalue weighted by atomic mass is 9.75. The summed E-state index contributed by atoms with van der Waals surface area (Å²) < 4.78 is 0.915. The molecule has 142 valence electrons. The SMILES string of the molecule is CC1=C(C(=O)Nc2cccnc2)[C@H](c2cccc(Br)c2)C2=C(CCCC2=O)N1. The Kier molecular flexibility index (Phi) is 5.13. The molecule has 2 aromatic rings. The smallest absolute Gasteiger partial charge is 0.254 e. The molecule has 1 aliphatic carbocycles. The fraction of sp³-hybridized carbons (Fsp3) is 0.227. The third-order valence-corrected chi connectivity index (χ3v) is 5.62. The molecule has 1 aliphatic heterocycles. The molecule has 5 nitrogen and oxygen atoms in total. The molecule has 0 unspecified atom stereocenters. The van der Waals surface area contributed by atoms with E-state index in [1.807, 2.05) is 31.2 Å². The number of nitrogens with one attached hydrogen (secondary N) is 2. The Morgan fingerprint density at radius 2 is 2.11 bits per heavy atom. The van der Waals surface area contributed by atoms with Gasteiger partial charge < -0.3 is 10.6 Å². The highest BCUT2D eigenvalue weighted by Gasteiger charge is 2.38. The van der Waals surface area contributed by atoms with Crippen molar-refractivity contribution in [3.8, 4) is 0 Å². The molecule has 1 atom stereocenters. The number of pyridine rings is 1. The lowest BCUT2D eigenvalue weighted by molar-refractivity contribution is -0.116. The molecule has 28 heavy (non-hydrogen) atoms. The van der Waals surface area contributed by atoms with Crippen LogP contribution in [0.3, 0.4) is 0 Å². The molecule has 1 aromatic heterocycles. The number of allylic oxidation sites excluding steroid dienone is 3. The van der Waals surface area contributed by atoms with Gasteiger partial charge in [-0.2, -0.15) is 0 Å². The lowest BCUT2D eigenvalue weighted by Gasteiger charge is -2.34. The number of rotatable bonds is 3. The van der Waals surface area contributed by atoms with Crippen molar-refractivity contribution in [1.29, 1.82) is 0 Å². The summed E-state index contributed by atoms with van der Waals surface area (Å²) in [6.45, 7) is 1.89. The molecule has 0 bridgehead atoms. The van der Waals surface area contributed by atoms with Crippen molar-refractivity contribution in [1.82, 2.24) is 10.3 Å². The van der Waals surface area contributed by atoms with E-state index in [0.717, 1.165) is 34.3 Å². The predicted molar refractivity (Wildman–Crippen MR) is 111 cm³/mol. The molecule has 0 radical (unpaired) electrons. The quantitative estimate of drug-likeness (QED) is 0.743. The van der Waals surface area contributed by atoms with Gasteiger partial charge in [-0.1, -0.05) is 28.1 Å². The molecular weight excluding hydrogens is 418 g/mol. The Labute approximate surface area is 172 Å². The Morgan fingerprint density at radius 3 is 2.86 bits per heavy atom. The van der Waals surface area contributed by atoms with Crippen LogP contribution in [0, 0.1) is 0 Å². The Hall–Kier alpha value is -2.73. The summed E-state index contributed by atoms with van der Waals surface area (Å²) in [4.78, 5) is 30.2. The molecule has 2 aliphatic rings. The summed E-state index contributed by atoms with van der Waals surface area (Å²) in [7, 11) is 0. The number of benzene rings is 1. The van der Waals surface area contributed by atoms with Crippen molar-refractivity contribution in [3.63, 3.8) is 0 Å². The minimum atomic E-state index is -0.391. The minimum absolute atomic E-state index is 0.109. The van der Waals surface area contributed by atoms with Crippen molar-refractivity contribution in [3.05, 3.63) is 81.4 Å². The van der Waals surface area contributed by atoms with Gasteiger partial charge in [-0.25, -0.2) is 0 Å². The largest absolute Gasteiger partial charge is 0.362 e. The topological polar surface area (TPSA) is 71.1 Å². The van der Waals surface area contributed by atoms with Crippen LogP contribution < -0.4 is 10.6 Å². The molecule has 0 spiro atoms. The summed E-state index contributed by atoms with van der Waals surface area (Å²) in [5.74, 6) is -0.510. The zero-order chi connectivity index (χ0) is 19.7. The number of ketones is 1. The number of carbonyl (C=O) groups excluding carboxylic acids is 2. The van der Waals surface area contributed by atoms with Gasteiger partial charge in [-0.15, -0.1) is 0 Å². The number of nitrogens with zero attached hydrogens (tertiary/aromatic N) is 1. The molecule has 4 rings (SSSR count). The second-order valence-electron chi connectivity index (χ2n) is 7.02. The second-order valence-corrected chi connectivity index (χ2v) is 7.93. The Morgan fingerprint density at radius 1 is 1.25 bits per heavy atom. The van der Waals surface area contributed by atoms with Gasteiger partial charge >= 0.3 is 0 Å². The number of aromatic nitrogens is 1. The molecule has 0 saturated carbocycles. The highest BCUT2D eigenvalue weighted by atomic mass is 79.9. The van der Waals surface area contributed by atoms with Crippen molar-refractivity contribution in [2.45, 2.75) is 32.1 Å². The molecule has 1 aromatic carbocycles. The third-order valence-electron chi connectivity index (χ3n) is 5.12. The molecular formula is C22H20BrN3O2.